The molecule has 0 spiro atoms. The Hall–Kier alpha value is -1.59. The van der Waals surface area contributed by atoms with Crippen molar-refractivity contribution in [3.05, 3.63) is 46.9 Å². The van der Waals surface area contributed by atoms with E-state index in [9.17, 15) is 5.11 Å². The maximum atomic E-state index is 11.0. The van der Waals surface area contributed by atoms with Gasteiger partial charge in [0, 0.05) is 4.47 Å². The largest absolute Gasteiger partial charge is 0.431 e. The van der Waals surface area contributed by atoms with E-state index in [1.807, 2.05) is 18.2 Å². The number of aromatic nitrogens is 1. The second kappa shape index (κ2) is 4.59. The van der Waals surface area contributed by atoms with Gasteiger partial charge in [0.15, 0.2) is 5.75 Å². The lowest BCUT2D eigenvalue weighted by atomic mass is 10.3. The third kappa shape index (κ3) is 2.32. The molecular weight excluding hydrogens is 314 g/mol. The van der Waals surface area contributed by atoms with Gasteiger partial charge in [-0.3, -0.25) is 5.11 Å². The van der Waals surface area contributed by atoms with E-state index in [1.165, 1.54) is 23.5 Å². The molecule has 18 heavy (non-hydrogen) atoms. The molecule has 0 saturated carbocycles. The molecule has 3 rings (SSSR count). The average molecular weight is 321 g/mol. The van der Waals surface area contributed by atoms with Crippen LogP contribution in [0.15, 0.2) is 46.9 Å². The van der Waals surface area contributed by atoms with Gasteiger partial charge in [-0.25, -0.2) is 4.98 Å². The average Bonchev–Trinajstić information content (AvgIpc) is 2.73. The van der Waals surface area contributed by atoms with Gasteiger partial charge in [0.2, 0.25) is 0 Å². The molecule has 0 aliphatic heterocycles. The van der Waals surface area contributed by atoms with E-state index in [-0.39, 0.29) is 5.75 Å². The second-order valence-corrected chi connectivity index (χ2v) is 5.57. The Morgan fingerprint density at radius 3 is 2.67 bits per heavy atom. The summed E-state index contributed by atoms with van der Waals surface area (Å²) in [5, 5.41) is 11.5. The van der Waals surface area contributed by atoms with Gasteiger partial charge < -0.3 is 4.74 Å². The number of hydrogen-bond donors (Lipinski definition) is 0. The van der Waals surface area contributed by atoms with Gasteiger partial charge >= 0.3 is 0 Å². The molecule has 0 N–H and O–H groups in total. The Labute approximate surface area is 116 Å². The molecule has 0 bridgehead atoms. The number of ether oxygens (including phenoxy) is 1. The summed E-state index contributed by atoms with van der Waals surface area (Å²) in [4.78, 5) is 4.38. The number of thiazole rings is 1. The zero-order valence-corrected chi connectivity index (χ0v) is 11.5. The van der Waals surface area contributed by atoms with Gasteiger partial charge in [-0.2, -0.15) is 0 Å². The molecule has 0 fully saturated rings. The number of rotatable bonds is 2. The van der Waals surface area contributed by atoms with Gasteiger partial charge in [0.1, 0.15) is 5.75 Å². The Balaban J connectivity index is 1.92. The van der Waals surface area contributed by atoms with E-state index in [0.29, 0.717) is 10.9 Å². The third-order valence-corrected chi connectivity index (χ3v) is 3.77. The molecule has 0 aliphatic carbocycles. The minimum absolute atomic E-state index is 0.0319. The highest BCUT2D eigenvalue weighted by Crippen LogP contribution is 2.32. The van der Waals surface area contributed by atoms with Gasteiger partial charge in [0.05, 0.1) is 10.2 Å². The lowest BCUT2D eigenvalue weighted by Crippen LogP contribution is -1.81. The first-order valence-corrected chi connectivity index (χ1v) is 6.83. The minimum Gasteiger partial charge on any atom is -0.431 e. The van der Waals surface area contributed by atoms with Gasteiger partial charge in [-0.05, 0) is 42.5 Å². The van der Waals surface area contributed by atoms with Crippen molar-refractivity contribution >= 4 is 37.5 Å². The van der Waals surface area contributed by atoms with Crippen LogP contribution in [0.4, 0.5) is 0 Å². The van der Waals surface area contributed by atoms with E-state index >= 15 is 0 Å². The highest BCUT2D eigenvalue weighted by molar-refractivity contribution is 9.10. The monoisotopic (exact) mass is 320 g/mol. The Morgan fingerprint density at radius 2 is 1.89 bits per heavy atom. The summed E-state index contributed by atoms with van der Waals surface area (Å²) in [6.07, 6.45) is 0. The zero-order valence-electron chi connectivity index (χ0n) is 9.09. The molecule has 3 nitrogen and oxygen atoms in total. The molecule has 5 heteroatoms. The lowest BCUT2D eigenvalue weighted by molar-refractivity contribution is 0.354. The highest BCUT2D eigenvalue weighted by atomic mass is 79.9. The second-order valence-electron chi connectivity index (χ2n) is 3.67. The van der Waals surface area contributed by atoms with Crippen molar-refractivity contribution in [2.45, 2.75) is 0 Å². The molecule has 0 atom stereocenters. The summed E-state index contributed by atoms with van der Waals surface area (Å²) in [6.45, 7) is 0. The maximum Gasteiger partial charge on any atom is 0.279 e. The molecule has 3 aromatic rings. The number of fused-ring (bicyclic) bond motifs is 1. The van der Waals surface area contributed by atoms with Crippen LogP contribution in [0.5, 0.6) is 16.7 Å². The summed E-state index contributed by atoms with van der Waals surface area (Å²) in [5.41, 5.74) is 0.893. The standard InChI is InChI=1S/C13H7BrNO2S/c14-8-1-6-12-11(7-8)15-13(18-12)17-10-4-2-9(16)3-5-10/h1-7H. The summed E-state index contributed by atoms with van der Waals surface area (Å²) >= 11 is 4.88. The van der Waals surface area contributed by atoms with Gasteiger partial charge in [0.25, 0.3) is 5.19 Å². The van der Waals surface area contributed by atoms with Crippen LogP contribution in [0, 0.1) is 0 Å². The summed E-state index contributed by atoms with van der Waals surface area (Å²) in [6, 6.07) is 12.1. The fraction of sp³-hybridized carbons (Fsp3) is 0. The van der Waals surface area contributed by atoms with Crippen LogP contribution in [0.1, 0.15) is 0 Å². The zero-order chi connectivity index (χ0) is 12.5. The molecule has 1 aromatic heterocycles. The van der Waals surface area contributed by atoms with Gasteiger partial charge in [-0.1, -0.05) is 27.3 Å². The normalized spacial score (nSPS) is 10.7. The summed E-state index contributed by atoms with van der Waals surface area (Å²) in [5.74, 6) is 0.586. The first kappa shape index (κ1) is 11.5. The van der Waals surface area contributed by atoms with Crippen LogP contribution >= 0.6 is 27.3 Å². The number of hydrogen-bond acceptors (Lipinski definition) is 3. The van der Waals surface area contributed by atoms with Crippen molar-refractivity contribution in [1.82, 2.24) is 4.98 Å². The smallest absolute Gasteiger partial charge is 0.279 e. The molecule has 0 saturated heterocycles. The fourth-order valence-electron chi connectivity index (χ4n) is 1.53. The van der Waals surface area contributed by atoms with Crippen molar-refractivity contribution in [3.63, 3.8) is 0 Å². The summed E-state index contributed by atoms with van der Waals surface area (Å²) < 4.78 is 7.66. The van der Waals surface area contributed by atoms with Crippen LogP contribution < -0.4 is 4.74 Å². The predicted molar refractivity (Wildman–Crippen MR) is 74.0 cm³/mol. The third-order valence-electron chi connectivity index (χ3n) is 2.36. The van der Waals surface area contributed by atoms with Gasteiger partial charge in [-0.15, -0.1) is 0 Å². The molecule has 0 unspecified atom stereocenters. The van der Waals surface area contributed by atoms with Crippen molar-refractivity contribution in [2.75, 3.05) is 0 Å². The van der Waals surface area contributed by atoms with E-state index < -0.39 is 0 Å². The Morgan fingerprint density at radius 1 is 1.11 bits per heavy atom. The maximum absolute atomic E-state index is 11.0. The highest BCUT2D eigenvalue weighted by Gasteiger charge is 2.06. The molecule has 1 radical (unpaired) electrons. The van der Waals surface area contributed by atoms with Crippen molar-refractivity contribution < 1.29 is 9.84 Å². The molecule has 1 heterocycles. The number of nitrogens with zero attached hydrogens (tertiary/aromatic N) is 1. The van der Waals surface area contributed by atoms with Crippen LogP contribution in [-0.4, -0.2) is 4.98 Å². The van der Waals surface area contributed by atoms with Crippen molar-refractivity contribution in [3.8, 4) is 16.7 Å². The first-order valence-electron chi connectivity index (χ1n) is 5.22. The first-order chi connectivity index (χ1) is 8.70. The van der Waals surface area contributed by atoms with E-state index in [4.69, 9.17) is 4.74 Å². The Bertz CT molecular complexity index is 694. The molecule has 0 aliphatic rings. The molecule has 0 amide bonds. The van der Waals surface area contributed by atoms with Crippen molar-refractivity contribution in [1.29, 1.82) is 0 Å². The fourth-order valence-corrected chi connectivity index (χ4v) is 2.70. The molecule has 89 valence electrons. The Kier molecular flexibility index (Phi) is 2.93. The lowest BCUT2D eigenvalue weighted by Gasteiger charge is -1.99. The molecule has 2 aromatic carbocycles. The number of benzene rings is 2. The van der Waals surface area contributed by atoms with E-state index in [0.717, 1.165) is 14.7 Å². The quantitative estimate of drug-likeness (QED) is 0.667. The SMILES string of the molecule is [O]c1ccc(Oc2nc3cc(Br)ccc3s2)cc1. The topological polar surface area (TPSA) is 42.0 Å². The van der Waals surface area contributed by atoms with E-state index in [2.05, 4.69) is 20.9 Å². The van der Waals surface area contributed by atoms with Crippen LogP contribution in [0.25, 0.3) is 10.2 Å². The minimum atomic E-state index is -0.0319. The molecular formula is C13H7BrNO2S. The van der Waals surface area contributed by atoms with Crippen LogP contribution in [-0.2, 0) is 5.11 Å². The van der Waals surface area contributed by atoms with Crippen LogP contribution in [0.2, 0.25) is 0 Å². The van der Waals surface area contributed by atoms with Crippen molar-refractivity contribution in [2.24, 2.45) is 0 Å². The number of halogens is 1. The van der Waals surface area contributed by atoms with E-state index in [1.54, 1.807) is 12.1 Å². The predicted octanol–water partition coefficient (Wildman–Crippen LogP) is 4.99. The summed E-state index contributed by atoms with van der Waals surface area (Å²) in [7, 11) is 0. The van der Waals surface area contributed by atoms with Crippen LogP contribution in [0.3, 0.4) is 0 Å².